The van der Waals surface area contributed by atoms with Crippen molar-refractivity contribution in [3.05, 3.63) is 35.9 Å². The van der Waals surface area contributed by atoms with Gasteiger partial charge < -0.3 is 10.1 Å². The van der Waals surface area contributed by atoms with Crippen molar-refractivity contribution in [2.75, 3.05) is 7.11 Å². The molecule has 0 aliphatic carbocycles. The molecule has 0 fully saturated rings. The lowest BCUT2D eigenvalue weighted by Gasteiger charge is -2.31. The van der Waals surface area contributed by atoms with E-state index in [0.29, 0.717) is 0 Å². The van der Waals surface area contributed by atoms with Gasteiger partial charge in [-0.1, -0.05) is 30.3 Å². The number of hydrogen-bond donors (Lipinski definition) is 1. The van der Waals surface area contributed by atoms with Crippen LogP contribution in [0.1, 0.15) is 33.3 Å². The van der Waals surface area contributed by atoms with E-state index in [1.54, 1.807) is 14.0 Å². The summed E-state index contributed by atoms with van der Waals surface area (Å²) < 4.78 is 5.42. The molecular formula is C14H21NO2. The van der Waals surface area contributed by atoms with E-state index in [1.165, 1.54) is 0 Å². The number of hydrogen-bond acceptors (Lipinski definition) is 2. The van der Waals surface area contributed by atoms with Crippen molar-refractivity contribution in [2.24, 2.45) is 0 Å². The van der Waals surface area contributed by atoms with Crippen LogP contribution in [0, 0.1) is 0 Å². The highest BCUT2D eigenvalue weighted by Crippen LogP contribution is 2.25. The lowest BCUT2D eigenvalue weighted by atomic mass is 9.93. The molecule has 0 spiro atoms. The fourth-order valence-electron chi connectivity index (χ4n) is 1.56. The van der Waals surface area contributed by atoms with Crippen molar-refractivity contribution in [3.8, 4) is 0 Å². The summed E-state index contributed by atoms with van der Waals surface area (Å²) in [6.07, 6.45) is 0. The van der Waals surface area contributed by atoms with Crippen molar-refractivity contribution in [3.63, 3.8) is 0 Å². The molecule has 1 rings (SSSR count). The Bertz CT molecular complexity index is 381. The number of rotatable bonds is 3. The topological polar surface area (TPSA) is 38.3 Å². The third-order valence-electron chi connectivity index (χ3n) is 2.65. The van der Waals surface area contributed by atoms with Gasteiger partial charge in [-0.3, -0.25) is 4.79 Å². The Morgan fingerprint density at radius 3 is 2.06 bits per heavy atom. The molecule has 0 aliphatic heterocycles. The second-order valence-electron chi connectivity index (χ2n) is 5.31. The number of amides is 1. The summed E-state index contributed by atoms with van der Waals surface area (Å²) in [6, 6.07) is 9.51. The molecule has 3 heteroatoms. The predicted molar refractivity (Wildman–Crippen MR) is 68.7 cm³/mol. The van der Waals surface area contributed by atoms with E-state index in [0.717, 1.165) is 5.56 Å². The number of benzene rings is 1. The number of methoxy groups -OCH3 is 1. The average molecular weight is 235 g/mol. The van der Waals surface area contributed by atoms with Crippen LogP contribution < -0.4 is 5.32 Å². The minimum absolute atomic E-state index is 0.126. The maximum Gasteiger partial charge on any atom is 0.256 e. The summed E-state index contributed by atoms with van der Waals surface area (Å²) in [5.41, 5.74) is -0.371. The fraction of sp³-hybridized carbons (Fsp3) is 0.500. The summed E-state index contributed by atoms with van der Waals surface area (Å²) in [5, 5.41) is 2.95. The molecule has 17 heavy (non-hydrogen) atoms. The summed E-state index contributed by atoms with van der Waals surface area (Å²) in [7, 11) is 1.55. The second-order valence-corrected chi connectivity index (χ2v) is 5.31. The maximum atomic E-state index is 12.3. The predicted octanol–water partition coefficient (Wildman–Crippen LogP) is 2.46. The number of carbonyl (C=O) groups excluding carboxylic acids is 1. The van der Waals surface area contributed by atoms with Gasteiger partial charge in [0.1, 0.15) is 0 Å². The first-order valence-corrected chi connectivity index (χ1v) is 5.73. The van der Waals surface area contributed by atoms with E-state index in [9.17, 15) is 4.79 Å². The molecule has 3 nitrogen and oxygen atoms in total. The highest BCUT2D eigenvalue weighted by atomic mass is 16.5. The third kappa shape index (κ3) is 3.30. The molecule has 0 aliphatic rings. The summed E-state index contributed by atoms with van der Waals surface area (Å²) in [4.78, 5) is 12.3. The van der Waals surface area contributed by atoms with Gasteiger partial charge in [0.15, 0.2) is 5.60 Å². The molecule has 1 aromatic carbocycles. The van der Waals surface area contributed by atoms with Gasteiger partial charge in [0.25, 0.3) is 5.91 Å². The molecule has 1 atom stereocenters. The van der Waals surface area contributed by atoms with Crippen LogP contribution in [0.5, 0.6) is 0 Å². The Kier molecular flexibility index (Phi) is 3.94. The summed E-state index contributed by atoms with van der Waals surface area (Å²) >= 11 is 0. The van der Waals surface area contributed by atoms with E-state index in [4.69, 9.17) is 4.74 Å². The molecule has 0 unspecified atom stereocenters. The highest BCUT2D eigenvalue weighted by Gasteiger charge is 2.36. The fourth-order valence-corrected chi connectivity index (χ4v) is 1.56. The van der Waals surface area contributed by atoms with Crippen molar-refractivity contribution in [1.29, 1.82) is 0 Å². The number of carbonyl (C=O) groups is 1. The van der Waals surface area contributed by atoms with Crippen LogP contribution >= 0.6 is 0 Å². The Labute approximate surface area is 103 Å². The van der Waals surface area contributed by atoms with E-state index < -0.39 is 5.60 Å². The molecule has 0 bridgehead atoms. The first-order valence-electron chi connectivity index (χ1n) is 5.73. The SMILES string of the molecule is CO[C@](C)(C(=O)NC(C)(C)C)c1ccccc1. The van der Waals surface area contributed by atoms with Gasteiger partial charge in [-0.25, -0.2) is 0 Å². The summed E-state index contributed by atoms with van der Waals surface area (Å²) in [5.74, 6) is -0.126. The van der Waals surface area contributed by atoms with Gasteiger partial charge in [0.05, 0.1) is 0 Å². The second kappa shape index (κ2) is 4.88. The minimum atomic E-state index is -0.950. The lowest BCUT2D eigenvalue weighted by Crippen LogP contribution is -2.50. The Balaban J connectivity index is 3.01. The lowest BCUT2D eigenvalue weighted by molar-refractivity contribution is -0.144. The van der Waals surface area contributed by atoms with Crippen LogP contribution in [0.2, 0.25) is 0 Å². The molecular weight excluding hydrogens is 214 g/mol. The molecule has 1 N–H and O–H groups in total. The zero-order chi connectivity index (χ0) is 13.1. The highest BCUT2D eigenvalue weighted by molar-refractivity contribution is 5.86. The van der Waals surface area contributed by atoms with Crippen LogP contribution in [-0.2, 0) is 15.1 Å². The molecule has 0 aromatic heterocycles. The standard InChI is InChI=1S/C14H21NO2/c1-13(2,3)15-12(16)14(4,17-5)11-9-7-6-8-10-11/h6-10H,1-5H3,(H,15,16)/t14-/m0/s1. The monoisotopic (exact) mass is 235 g/mol. The van der Waals surface area contributed by atoms with Crippen molar-refractivity contribution in [1.82, 2.24) is 5.32 Å². The van der Waals surface area contributed by atoms with Gasteiger partial charge in [-0.2, -0.15) is 0 Å². The van der Waals surface area contributed by atoms with E-state index in [2.05, 4.69) is 5.32 Å². The Morgan fingerprint density at radius 1 is 1.12 bits per heavy atom. The first kappa shape index (κ1) is 13.7. The summed E-state index contributed by atoms with van der Waals surface area (Å²) in [6.45, 7) is 7.63. The zero-order valence-electron chi connectivity index (χ0n) is 11.2. The molecule has 1 aromatic rings. The molecule has 0 saturated carbocycles. The van der Waals surface area contributed by atoms with Crippen molar-refractivity contribution in [2.45, 2.75) is 38.8 Å². The number of nitrogens with one attached hydrogen (secondary N) is 1. The smallest absolute Gasteiger partial charge is 0.256 e. The Hall–Kier alpha value is -1.35. The van der Waals surface area contributed by atoms with E-state index in [-0.39, 0.29) is 11.4 Å². The van der Waals surface area contributed by atoms with Gasteiger partial charge in [0, 0.05) is 12.6 Å². The van der Waals surface area contributed by atoms with Gasteiger partial charge >= 0.3 is 0 Å². The van der Waals surface area contributed by atoms with Crippen LogP contribution in [0.3, 0.4) is 0 Å². The Morgan fingerprint density at radius 2 is 1.65 bits per heavy atom. The molecule has 0 radical (unpaired) electrons. The van der Waals surface area contributed by atoms with E-state index >= 15 is 0 Å². The van der Waals surface area contributed by atoms with Crippen LogP contribution in [0.4, 0.5) is 0 Å². The van der Waals surface area contributed by atoms with Crippen molar-refractivity contribution < 1.29 is 9.53 Å². The zero-order valence-corrected chi connectivity index (χ0v) is 11.2. The minimum Gasteiger partial charge on any atom is -0.364 e. The molecule has 0 heterocycles. The van der Waals surface area contributed by atoms with E-state index in [1.807, 2.05) is 51.1 Å². The first-order chi connectivity index (χ1) is 7.79. The third-order valence-corrected chi connectivity index (χ3v) is 2.65. The van der Waals surface area contributed by atoms with Gasteiger partial charge in [0.2, 0.25) is 0 Å². The van der Waals surface area contributed by atoms with Crippen LogP contribution in [-0.4, -0.2) is 18.6 Å². The molecule has 94 valence electrons. The average Bonchev–Trinajstić information content (AvgIpc) is 2.27. The van der Waals surface area contributed by atoms with Crippen LogP contribution in [0.15, 0.2) is 30.3 Å². The largest absolute Gasteiger partial charge is 0.364 e. The maximum absolute atomic E-state index is 12.3. The molecule has 1 amide bonds. The quantitative estimate of drug-likeness (QED) is 0.874. The van der Waals surface area contributed by atoms with Crippen LogP contribution in [0.25, 0.3) is 0 Å². The molecule has 0 saturated heterocycles. The van der Waals surface area contributed by atoms with Gasteiger partial charge in [-0.05, 0) is 33.3 Å². The van der Waals surface area contributed by atoms with Gasteiger partial charge in [-0.15, -0.1) is 0 Å². The number of ether oxygens (including phenoxy) is 1. The van der Waals surface area contributed by atoms with Crippen molar-refractivity contribution >= 4 is 5.91 Å². The normalized spacial score (nSPS) is 15.1.